The molecule has 1 amide bonds. The molecule has 1 fully saturated rings. The number of β-amino-alcohol motifs (C(OH)–C–C–N with tert-alkyl or cyclic N) is 1. The highest BCUT2D eigenvalue weighted by Crippen LogP contribution is 2.34. The fourth-order valence-electron chi connectivity index (χ4n) is 2.03. The lowest BCUT2D eigenvalue weighted by Crippen LogP contribution is -2.46. The second-order valence-corrected chi connectivity index (χ2v) is 5.01. The zero-order chi connectivity index (χ0) is 13.0. The van der Waals surface area contributed by atoms with Crippen LogP contribution in [-0.2, 0) is 11.2 Å². The third-order valence-electron chi connectivity index (χ3n) is 3.51. The Balaban J connectivity index is 1.70. The van der Waals surface area contributed by atoms with Crippen LogP contribution in [0.1, 0.15) is 24.8 Å². The van der Waals surface area contributed by atoms with E-state index < -0.39 is 11.6 Å². The highest BCUT2D eigenvalue weighted by molar-refractivity contribution is 5.87. The SMILES string of the molecule is NC(=O)C1(NC[C@H](O)CCc2ccccc2)CC1. The minimum absolute atomic E-state index is 0.308. The molecule has 0 saturated heterocycles. The number of amides is 1. The molecule has 4 heteroatoms. The Morgan fingerprint density at radius 3 is 2.61 bits per heavy atom. The molecule has 4 nitrogen and oxygen atoms in total. The first-order valence-corrected chi connectivity index (χ1v) is 6.39. The van der Waals surface area contributed by atoms with Gasteiger partial charge >= 0.3 is 0 Å². The molecule has 0 aliphatic heterocycles. The number of benzene rings is 1. The van der Waals surface area contributed by atoms with Crippen LogP contribution in [0.3, 0.4) is 0 Å². The highest BCUT2D eigenvalue weighted by Gasteiger charge is 2.48. The van der Waals surface area contributed by atoms with Gasteiger partial charge in [-0.15, -0.1) is 0 Å². The maximum Gasteiger partial charge on any atom is 0.237 e. The van der Waals surface area contributed by atoms with E-state index in [0.29, 0.717) is 13.0 Å². The van der Waals surface area contributed by atoms with E-state index >= 15 is 0 Å². The first-order chi connectivity index (χ1) is 8.62. The van der Waals surface area contributed by atoms with Crippen molar-refractivity contribution in [3.8, 4) is 0 Å². The van der Waals surface area contributed by atoms with Crippen molar-refractivity contribution >= 4 is 5.91 Å². The molecule has 2 rings (SSSR count). The molecule has 1 aliphatic rings. The molecule has 0 radical (unpaired) electrons. The summed E-state index contributed by atoms with van der Waals surface area (Å²) >= 11 is 0. The van der Waals surface area contributed by atoms with Gasteiger partial charge < -0.3 is 16.2 Å². The van der Waals surface area contributed by atoms with Crippen LogP contribution < -0.4 is 11.1 Å². The lowest BCUT2D eigenvalue weighted by molar-refractivity contribution is -0.121. The Kier molecular flexibility index (Phi) is 3.99. The largest absolute Gasteiger partial charge is 0.392 e. The Hall–Kier alpha value is -1.39. The maximum atomic E-state index is 11.2. The van der Waals surface area contributed by atoms with Crippen molar-refractivity contribution in [2.75, 3.05) is 6.54 Å². The number of nitrogens with one attached hydrogen (secondary N) is 1. The number of aryl methyl sites for hydroxylation is 1. The average Bonchev–Trinajstić information content (AvgIpc) is 3.16. The molecule has 1 atom stereocenters. The van der Waals surface area contributed by atoms with Crippen LogP contribution in [0.2, 0.25) is 0 Å². The number of carbonyl (C=O) groups excluding carboxylic acids is 1. The number of aliphatic hydroxyl groups is 1. The zero-order valence-corrected chi connectivity index (χ0v) is 10.4. The van der Waals surface area contributed by atoms with Crippen molar-refractivity contribution in [1.82, 2.24) is 5.32 Å². The second kappa shape index (κ2) is 5.50. The number of hydrogen-bond donors (Lipinski definition) is 3. The summed E-state index contributed by atoms with van der Waals surface area (Å²) in [5, 5.41) is 12.9. The van der Waals surface area contributed by atoms with Crippen molar-refractivity contribution in [3.63, 3.8) is 0 Å². The van der Waals surface area contributed by atoms with Gasteiger partial charge in [-0.1, -0.05) is 30.3 Å². The molecule has 4 N–H and O–H groups in total. The minimum Gasteiger partial charge on any atom is -0.392 e. The summed E-state index contributed by atoms with van der Waals surface area (Å²) in [7, 11) is 0. The standard InChI is InChI=1S/C14H20N2O2/c15-13(18)14(8-9-14)16-10-12(17)7-6-11-4-2-1-3-5-11/h1-5,12,16-17H,6-10H2,(H2,15,18)/t12-/m1/s1. The molecular weight excluding hydrogens is 228 g/mol. The van der Waals surface area contributed by atoms with E-state index in [2.05, 4.69) is 5.32 Å². The van der Waals surface area contributed by atoms with Gasteiger partial charge in [0, 0.05) is 6.54 Å². The van der Waals surface area contributed by atoms with Crippen molar-refractivity contribution in [2.24, 2.45) is 5.73 Å². The molecule has 18 heavy (non-hydrogen) atoms. The highest BCUT2D eigenvalue weighted by atomic mass is 16.3. The van der Waals surface area contributed by atoms with Crippen LogP contribution in [0.4, 0.5) is 0 Å². The van der Waals surface area contributed by atoms with E-state index in [-0.39, 0.29) is 5.91 Å². The van der Waals surface area contributed by atoms with Gasteiger partial charge in [0.1, 0.15) is 0 Å². The number of primary amides is 1. The third kappa shape index (κ3) is 3.31. The number of carbonyl (C=O) groups is 1. The van der Waals surface area contributed by atoms with E-state index in [9.17, 15) is 9.90 Å². The van der Waals surface area contributed by atoms with E-state index in [1.807, 2.05) is 30.3 Å². The fraction of sp³-hybridized carbons (Fsp3) is 0.500. The molecule has 1 aromatic rings. The van der Waals surface area contributed by atoms with E-state index in [1.165, 1.54) is 5.56 Å². The van der Waals surface area contributed by atoms with Crippen LogP contribution in [0.15, 0.2) is 30.3 Å². The molecule has 0 spiro atoms. The molecular formula is C14H20N2O2. The van der Waals surface area contributed by atoms with E-state index in [4.69, 9.17) is 5.73 Å². The molecule has 98 valence electrons. The summed E-state index contributed by atoms with van der Waals surface area (Å²) in [6.45, 7) is 0.426. The molecule has 1 aliphatic carbocycles. The molecule has 0 unspecified atom stereocenters. The van der Waals surface area contributed by atoms with E-state index in [1.54, 1.807) is 0 Å². The van der Waals surface area contributed by atoms with Crippen molar-refractivity contribution < 1.29 is 9.90 Å². The molecule has 1 saturated carbocycles. The predicted octanol–water partition coefficient (Wildman–Crippen LogP) is 0.588. The normalized spacial score (nSPS) is 18.3. The molecule has 0 bridgehead atoms. The monoisotopic (exact) mass is 248 g/mol. The van der Waals surface area contributed by atoms with Gasteiger partial charge in [-0.05, 0) is 31.2 Å². The Labute approximate surface area is 107 Å². The van der Waals surface area contributed by atoms with Crippen LogP contribution in [0.25, 0.3) is 0 Å². The number of nitrogens with two attached hydrogens (primary N) is 1. The summed E-state index contributed by atoms with van der Waals surface area (Å²) < 4.78 is 0. The first-order valence-electron chi connectivity index (χ1n) is 6.39. The van der Waals surface area contributed by atoms with Gasteiger partial charge in [0.25, 0.3) is 0 Å². The maximum absolute atomic E-state index is 11.2. The third-order valence-corrected chi connectivity index (χ3v) is 3.51. The van der Waals surface area contributed by atoms with Crippen LogP contribution in [-0.4, -0.2) is 29.2 Å². The first kappa shape index (κ1) is 13.1. The van der Waals surface area contributed by atoms with Crippen molar-refractivity contribution in [1.29, 1.82) is 0 Å². The van der Waals surface area contributed by atoms with Crippen LogP contribution >= 0.6 is 0 Å². The van der Waals surface area contributed by atoms with Gasteiger partial charge in [-0.3, -0.25) is 4.79 Å². The lowest BCUT2D eigenvalue weighted by atomic mass is 10.1. The predicted molar refractivity (Wildman–Crippen MR) is 69.9 cm³/mol. The van der Waals surface area contributed by atoms with Gasteiger partial charge in [-0.2, -0.15) is 0 Å². The molecule has 1 aromatic carbocycles. The average molecular weight is 248 g/mol. The van der Waals surface area contributed by atoms with Gasteiger partial charge in [0.15, 0.2) is 0 Å². The Morgan fingerprint density at radius 1 is 1.39 bits per heavy atom. The van der Waals surface area contributed by atoms with Gasteiger partial charge in [0.2, 0.25) is 5.91 Å². The van der Waals surface area contributed by atoms with Crippen LogP contribution in [0.5, 0.6) is 0 Å². The summed E-state index contributed by atoms with van der Waals surface area (Å²) in [5.41, 5.74) is 5.98. The quantitative estimate of drug-likeness (QED) is 0.661. The van der Waals surface area contributed by atoms with Gasteiger partial charge in [0.05, 0.1) is 11.6 Å². The smallest absolute Gasteiger partial charge is 0.237 e. The number of aliphatic hydroxyl groups excluding tert-OH is 1. The summed E-state index contributed by atoms with van der Waals surface area (Å²) in [5.74, 6) is -0.308. The fourth-order valence-corrected chi connectivity index (χ4v) is 2.03. The lowest BCUT2D eigenvalue weighted by Gasteiger charge is -2.17. The molecule has 0 heterocycles. The number of hydrogen-bond acceptors (Lipinski definition) is 3. The summed E-state index contributed by atoms with van der Waals surface area (Å²) in [4.78, 5) is 11.2. The van der Waals surface area contributed by atoms with Crippen molar-refractivity contribution in [2.45, 2.75) is 37.3 Å². The van der Waals surface area contributed by atoms with Crippen LogP contribution in [0, 0.1) is 0 Å². The summed E-state index contributed by atoms with van der Waals surface area (Å²) in [6, 6.07) is 10.1. The minimum atomic E-state index is -0.534. The van der Waals surface area contributed by atoms with E-state index in [0.717, 1.165) is 19.3 Å². The number of rotatable bonds is 7. The zero-order valence-electron chi connectivity index (χ0n) is 10.4. The summed E-state index contributed by atoms with van der Waals surface area (Å²) in [6.07, 6.45) is 2.66. The Bertz CT molecular complexity index is 402. The Morgan fingerprint density at radius 2 is 2.06 bits per heavy atom. The van der Waals surface area contributed by atoms with Crippen molar-refractivity contribution in [3.05, 3.63) is 35.9 Å². The second-order valence-electron chi connectivity index (χ2n) is 5.01. The molecule has 0 aromatic heterocycles. The van der Waals surface area contributed by atoms with Gasteiger partial charge in [-0.25, -0.2) is 0 Å². The topological polar surface area (TPSA) is 75.4 Å².